The third-order valence-corrected chi connectivity index (χ3v) is 4.29. The van der Waals surface area contributed by atoms with E-state index < -0.39 is 6.10 Å². The van der Waals surface area contributed by atoms with Gasteiger partial charge in [0, 0.05) is 23.1 Å². The molecule has 3 aromatic rings. The first-order chi connectivity index (χ1) is 11.6. The third kappa shape index (κ3) is 2.37. The molecule has 6 heteroatoms. The average molecular weight is 320 g/mol. The molecule has 1 aliphatic rings. The van der Waals surface area contributed by atoms with Crippen molar-refractivity contribution >= 4 is 28.3 Å². The molecule has 2 heterocycles. The molecule has 0 spiro atoms. The summed E-state index contributed by atoms with van der Waals surface area (Å²) in [4.78, 5) is 22.7. The molecule has 0 saturated carbocycles. The van der Waals surface area contributed by atoms with Crippen LogP contribution in [-0.2, 0) is 6.42 Å². The van der Waals surface area contributed by atoms with E-state index in [-0.39, 0.29) is 12.5 Å². The highest BCUT2D eigenvalue weighted by molar-refractivity contribution is 6.08. The Balaban J connectivity index is 1.76. The van der Waals surface area contributed by atoms with E-state index in [4.69, 9.17) is 5.73 Å². The molecular formula is C18H16N4O2. The standard InChI is InChI=1S/C18H16N4O2/c19-17-14-6-5-12(8-15(14)20-10-21-17)18(24)22-9-13(23)7-11-3-1-2-4-16(11)22/h1-6,8,10,13,23H,7,9H2,(H2,19,20,21). The van der Waals surface area contributed by atoms with Gasteiger partial charge in [-0.05, 0) is 29.8 Å². The van der Waals surface area contributed by atoms with Gasteiger partial charge in [0.05, 0.1) is 18.2 Å². The number of nitrogen functional groups attached to an aromatic ring is 1. The number of carbonyl (C=O) groups is 1. The van der Waals surface area contributed by atoms with Crippen molar-refractivity contribution in [2.45, 2.75) is 12.5 Å². The second-order valence-electron chi connectivity index (χ2n) is 5.89. The predicted molar refractivity (Wildman–Crippen MR) is 91.8 cm³/mol. The molecule has 2 aromatic carbocycles. The van der Waals surface area contributed by atoms with E-state index in [2.05, 4.69) is 9.97 Å². The summed E-state index contributed by atoms with van der Waals surface area (Å²) in [5, 5.41) is 10.8. The van der Waals surface area contributed by atoms with Gasteiger partial charge in [0.25, 0.3) is 5.91 Å². The zero-order valence-electron chi connectivity index (χ0n) is 12.9. The van der Waals surface area contributed by atoms with Crippen LogP contribution < -0.4 is 10.6 Å². The Bertz CT molecular complexity index is 941. The Morgan fingerprint density at radius 3 is 2.92 bits per heavy atom. The van der Waals surface area contributed by atoms with Gasteiger partial charge in [-0.3, -0.25) is 4.79 Å². The topological polar surface area (TPSA) is 92.3 Å². The van der Waals surface area contributed by atoms with Crippen LogP contribution in [-0.4, -0.2) is 33.6 Å². The number of aliphatic hydroxyl groups excluding tert-OH is 1. The molecule has 0 aliphatic carbocycles. The normalized spacial score (nSPS) is 16.9. The molecule has 1 amide bonds. The van der Waals surface area contributed by atoms with Gasteiger partial charge in [-0.25, -0.2) is 9.97 Å². The van der Waals surface area contributed by atoms with Crippen LogP contribution in [0.5, 0.6) is 0 Å². The third-order valence-electron chi connectivity index (χ3n) is 4.29. The largest absolute Gasteiger partial charge is 0.391 e. The van der Waals surface area contributed by atoms with E-state index in [1.165, 1.54) is 6.33 Å². The number of carbonyl (C=O) groups excluding carboxylic acids is 1. The van der Waals surface area contributed by atoms with Crippen molar-refractivity contribution in [1.82, 2.24) is 9.97 Å². The fraction of sp³-hybridized carbons (Fsp3) is 0.167. The molecule has 1 unspecified atom stereocenters. The molecule has 1 aromatic heterocycles. The number of benzene rings is 2. The summed E-state index contributed by atoms with van der Waals surface area (Å²) in [6.07, 6.45) is 1.37. The van der Waals surface area contributed by atoms with Gasteiger partial charge in [-0.15, -0.1) is 0 Å². The zero-order valence-corrected chi connectivity index (χ0v) is 12.9. The second-order valence-corrected chi connectivity index (χ2v) is 5.89. The lowest BCUT2D eigenvalue weighted by Crippen LogP contribution is -2.42. The van der Waals surface area contributed by atoms with Crippen molar-refractivity contribution < 1.29 is 9.90 Å². The van der Waals surface area contributed by atoms with Crippen molar-refractivity contribution in [3.8, 4) is 0 Å². The Hall–Kier alpha value is -2.99. The molecule has 1 aliphatic heterocycles. The van der Waals surface area contributed by atoms with E-state index in [1.807, 2.05) is 24.3 Å². The monoisotopic (exact) mass is 320 g/mol. The summed E-state index contributed by atoms with van der Waals surface area (Å²) >= 11 is 0. The Kier molecular flexibility index (Phi) is 3.39. The lowest BCUT2D eigenvalue weighted by atomic mass is 9.98. The maximum atomic E-state index is 13.0. The number of amides is 1. The molecule has 3 N–H and O–H groups in total. The minimum absolute atomic E-state index is 0.166. The summed E-state index contributed by atoms with van der Waals surface area (Å²) in [6, 6.07) is 12.8. The van der Waals surface area contributed by atoms with E-state index >= 15 is 0 Å². The van der Waals surface area contributed by atoms with Gasteiger partial charge >= 0.3 is 0 Å². The number of nitrogens with two attached hydrogens (primary N) is 1. The van der Waals surface area contributed by atoms with Crippen LogP contribution in [0.2, 0.25) is 0 Å². The maximum absolute atomic E-state index is 13.0. The van der Waals surface area contributed by atoms with Crippen LogP contribution in [0.1, 0.15) is 15.9 Å². The van der Waals surface area contributed by atoms with Crippen LogP contribution >= 0.6 is 0 Å². The summed E-state index contributed by atoms with van der Waals surface area (Å²) in [5.41, 5.74) is 8.77. The Labute approximate surface area is 138 Å². The number of para-hydroxylation sites is 1. The van der Waals surface area contributed by atoms with Crippen LogP contribution in [0.25, 0.3) is 10.9 Å². The summed E-state index contributed by atoms with van der Waals surface area (Å²) in [6.45, 7) is 0.278. The van der Waals surface area contributed by atoms with E-state index in [0.29, 0.717) is 28.7 Å². The number of anilines is 2. The highest BCUT2D eigenvalue weighted by Gasteiger charge is 2.28. The van der Waals surface area contributed by atoms with Gasteiger partial charge in [-0.2, -0.15) is 0 Å². The fourth-order valence-corrected chi connectivity index (χ4v) is 3.13. The summed E-state index contributed by atoms with van der Waals surface area (Å²) < 4.78 is 0. The Morgan fingerprint density at radius 2 is 2.04 bits per heavy atom. The number of fused-ring (bicyclic) bond motifs is 2. The number of hydrogen-bond donors (Lipinski definition) is 2. The number of nitrogens with zero attached hydrogens (tertiary/aromatic N) is 3. The van der Waals surface area contributed by atoms with Crippen molar-refractivity contribution in [1.29, 1.82) is 0 Å². The fourth-order valence-electron chi connectivity index (χ4n) is 3.13. The number of hydrogen-bond acceptors (Lipinski definition) is 5. The van der Waals surface area contributed by atoms with Crippen LogP contribution in [0, 0.1) is 0 Å². The molecule has 0 radical (unpaired) electrons. The number of rotatable bonds is 1. The Morgan fingerprint density at radius 1 is 1.21 bits per heavy atom. The molecule has 24 heavy (non-hydrogen) atoms. The summed E-state index contributed by atoms with van der Waals surface area (Å²) in [5.74, 6) is 0.220. The lowest BCUT2D eigenvalue weighted by Gasteiger charge is -2.32. The second kappa shape index (κ2) is 5.58. The summed E-state index contributed by atoms with van der Waals surface area (Å²) in [7, 11) is 0. The highest BCUT2D eigenvalue weighted by atomic mass is 16.3. The van der Waals surface area contributed by atoms with Crippen LogP contribution in [0.3, 0.4) is 0 Å². The van der Waals surface area contributed by atoms with Gasteiger partial charge in [0.15, 0.2) is 0 Å². The predicted octanol–water partition coefficient (Wildman–Crippen LogP) is 1.78. The average Bonchev–Trinajstić information content (AvgIpc) is 2.60. The number of β-amino-alcohol motifs (C(OH)–C–C–N with tert-alkyl or cyclic N) is 1. The van der Waals surface area contributed by atoms with Gasteiger partial charge in [-0.1, -0.05) is 18.2 Å². The number of aromatic nitrogens is 2. The number of aliphatic hydroxyl groups is 1. The molecule has 4 rings (SSSR count). The van der Waals surface area contributed by atoms with Crippen molar-refractivity contribution in [3.05, 3.63) is 59.9 Å². The van der Waals surface area contributed by atoms with Crippen LogP contribution in [0.15, 0.2) is 48.8 Å². The zero-order chi connectivity index (χ0) is 16.7. The van der Waals surface area contributed by atoms with Gasteiger partial charge < -0.3 is 15.7 Å². The minimum atomic E-state index is -0.567. The molecule has 0 bridgehead atoms. The first-order valence-electron chi connectivity index (χ1n) is 7.71. The van der Waals surface area contributed by atoms with E-state index in [9.17, 15) is 9.90 Å². The first kappa shape index (κ1) is 14.6. The van der Waals surface area contributed by atoms with Crippen molar-refractivity contribution in [2.75, 3.05) is 17.2 Å². The SMILES string of the molecule is Nc1ncnc2cc(C(=O)N3CC(O)Cc4ccccc43)ccc12. The van der Waals surface area contributed by atoms with Crippen molar-refractivity contribution in [2.24, 2.45) is 0 Å². The first-order valence-corrected chi connectivity index (χ1v) is 7.71. The smallest absolute Gasteiger partial charge is 0.258 e. The minimum Gasteiger partial charge on any atom is -0.391 e. The van der Waals surface area contributed by atoms with Crippen LogP contribution in [0.4, 0.5) is 11.5 Å². The molecular weight excluding hydrogens is 304 g/mol. The molecule has 120 valence electrons. The van der Waals surface area contributed by atoms with Gasteiger partial charge in [0.1, 0.15) is 12.1 Å². The van der Waals surface area contributed by atoms with E-state index in [0.717, 1.165) is 11.3 Å². The molecule has 0 saturated heterocycles. The van der Waals surface area contributed by atoms with Crippen molar-refractivity contribution in [3.63, 3.8) is 0 Å². The quantitative estimate of drug-likeness (QED) is 0.713. The van der Waals surface area contributed by atoms with Gasteiger partial charge in [0.2, 0.25) is 0 Å². The maximum Gasteiger partial charge on any atom is 0.258 e. The molecule has 1 atom stereocenters. The van der Waals surface area contributed by atoms with E-state index in [1.54, 1.807) is 23.1 Å². The molecule has 0 fully saturated rings. The molecule has 6 nitrogen and oxygen atoms in total. The lowest BCUT2D eigenvalue weighted by molar-refractivity contribution is 0.0954. The highest BCUT2D eigenvalue weighted by Crippen LogP contribution is 2.29.